The smallest absolute Gasteiger partial charge is 0.247 e. The molecule has 2 aromatic carbocycles. The van der Waals surface area contributed by atoms with Crippen molar-refractivity contribution in [2.45, 2.75) is 12.5 Å². The zero-order valence-electron chi connectivity index (χ0n) is 11.7. The normalized spacial score (nSPS) is 17.0. The molecular weight excluding hydrogens is 342 g/mol. The lowest BCUT2D eigenvalue weighted by Gasteiger charge is -2.27. The van der Waals surface area contributed by atoms with Gasteiger partial charge in [0.25, 0.3) is 0 Å². The number of amides is 1. The van der Waals surface area contributed by atoms with Crippen LogP contribution in [0.5, 0.6) is 0 Å². The molecule has 0 fully saturated rings. The quantitative estimate of drug-likeness (QED) is 0.652. The van der Waals surface area contributed by atoms with Gasteiger partial charge in [0.15, 0.2) is 0 Å². The minimum absolute atomic E-state index is 0.00381. The van der Waals surface area contributed by atoms with Crippen LogP contribution in [0, 0.1) is 0 Å². The largest absolute Gasteiger partial charge is 0.372 e. The second kappa shape index (κ2) is 5.18. The number of aromatic nitrogens is 1. The maximum atomic E-state index is 12.3. The number of para-hydroxylation sites is 1. The van der Waals surface area contributed by atoms with Gasteiger partial charge in [-0.1, -0.05) is 34.1 Å². The van der Waals surface area contributed by atoms with Crippen molar-refractivity contribution in [3.05, 3.63) is 58.7 Å². The number of hydrogen-bond donors (Lipinski definition) is 3. The Morgan fingerprint density at radius 3 is 2.86 bits per heavy atom. The van der Waals surface area contributed by atoms with E-state index in [0.717, 1.165) is 26.9 Å². The number of halogens is 1. The molecule has 2 heterocycles. The van der Waals surface area contributed by atoms with E-state index in [1.807, 2.05) is 42.6 Å². The molecule has 1 atom stereocenters. The molecule has 1 aromatic heterocycles. The van der Waals surface area contributed by atoms with E-state index in [4.69, 9.17) is 0 Å². The molecule has 1 aliphatic heterocycles. The second-order valence-corrected chi connectivity index (χ2v) is 6.36. The first-order valence-electron chi connectivity index (χ1n) is 7.12. The Balaban J connectivity index is 1.64. The number of H-pyrrole nitrogens is 1. The Hall–Kier alpha value is -2.27. The lowest BCUT2D eigenvalue weighted by molar-refractivity contribution is -0.117. The molecule has 5 heteroatoms. The molecule has 4 nitrogen and oxygen atoms in total. The molecule has 22 heavy (non-hydrogen) atoms. The van der Waals surface area contributed by atoms with Gasteiger partial charge >= 0.3 is 0 Å². The molecule has 3 N–H and O–H groups in total. The van der Waals surface area contributed by atoms with Crippen molar-refractivity contribution >= 4 is 44.1 Å². The van der Waals surface area contributed by atoms with Crippen LogP contribution in [0.15, 0.2) is 53.1 Å². The summed E-state index contributed by atoms with van der Waals surface area (Å²) in [5.41, 5.74) is 4.00. The second-order valence-electron chi connectivity index (χ2n) is 5.44. The summed E-state index contributed by atoms with van der Waals surface area (Å²) < 4.78 is 0.948. The van der Waals surface area contributed by atoms with Crippen molar-refractivity contribution in [2.24, 2.45) is 0 Å². The first-order valence-corrected chi connectivity index (χ1v) is 7.92. The average molecular weight is 356 g/mol. The fourth-order valence-electron chi connectivity index (χ4n) is 2.88. The number of benzene rings is 2. The molecule has 0 unspecified atom stereocenters. The van der Waals surface area contributed by atoms with Gasteiger partial charge in [-0.25, -0.2) is 0 Å². The number of aromatic amines is 1. The highest BCUT2D eigenvalue weighted by atomic mass is 79.9. The number of carbonyl (C=O) groups is 1. The van der Waals surface area contributed by atoms with E-state index in [1.54, 1.807) is 0 Å². The molecule has 4 rings (SSSR count). The van der Waals surface area contributed by atoms with Gasteiger partial charge in [-0.15, -0.1) is 0 Å². The minimum atomic E-state index is -0.270. The van der Waals surface area contributed by atoms with E-state index in [9.17, 15) is 4.79 Å². The SMILES string of the molecule is O=C1Nc2cc(Br)ccc2N[C@H]1Cc1c[nH]c2ccccc12. The van der Waals surface area contributed by atoms with Crippen LogP contribution in [0.2, 0.25) is 0 Å². The van der Waals surface area contributed by atoms with E-state index in [1.165, 1.54) is 5.39 Å². The molecule has 0 saturated heterocycles. The molecule has 0 spiro atoms. The molecular formula is C17H14BrN3O. The zero-order valence-corrected chi connectivity index (χ0v) is 13.3. The van der Waals surface area contributed by atoms with Crippen LogP contribution >= 0.6 is 15.9 Å². The Bertz CT molecular complexity index is 871. The van der Waals surface area contributed by atoms with Crippen molar-refractivity contribution in [3.63, 3.8) is 0 Å². The summed E-state index contributed by atoms with van der Waals surface area (Å²) in [7, 11) is 0. The van der Waals surface area contributed by atoms with Crippen molar-refractivity contribution in [1.29, 1.82) is 0 Å². The summed E-state index contributed by atoms with van der Waals surface area (Å²) in [6.45, 7) is 0. The third-order valence-electron chi connectivity index (χ3n) is 3.98. The first kappa shape index (κ1) is 13.4. The number of nitrogens with one attached hydrogen (secondary N) is 3. The van der Waals surface area contributed by atoms with Gasteiger partial charge < -0.3 is 15.6 Å². The van der Waals surface area contributed by atoms with E-state index >= 15 is 0 Å². The van der Waals surface area contributed by atoms with Crippen LogP contribution < -0.4 is 10.6 Å². The Kier molecular flexibility index (Phi) is 3.15. The summed E-state index contributed by atoms with van der Waals surface area (Å²) in [6.07, 6.45) is 2.63. The Morgan fingerprint density at radius 2 is 1.95 bits per heavy atom. The summed E-state index contributed by atoms with van der Waals surface area (Å²) >= 11 is 3.42. The molecule has 3 aromatic rings. The van der Waals surface area contributed by atoms with Crippen LogP contribution in [-0.4, -0.2) is 16.9 Å². The summed E-state index contributed by atoms with van der Waals surface area (Å²) in [5, 5.41) is 7.47. The molecule has 0 bridgehead atoms. The third kappa shape index (κ3) is 2.27. The van der Waals surface area contributed by atoms with Gasteiger partial charge in [-0.05, 0) is 29.8 Å². The molecule has 1 aliphatic rings. The molecule has 0 aliphatic carbocycles. The van der Waals surface area contributed by atoms with Crippen LogP contribution in [0.1, 0.15) is 5.56 Å². The van der Waals surface area contributed by atoms with Crippen LogP contribution in [-0.2, 0) is 11.2 Å². The van der Waals surface area contributed by atoms with Gasteiger partial charge in [-0.3, -0.25) is 4.79 Å². The van der Waals surface area contributed by atoms with Gasteiger partial charge in [0.1, 0.15) is 6.04 Å². The van der Waals surface area contributed by atoms with Crippen LogP contribution in [0.4, 0.5) is 11.4 Å². The van der Waals surface area contributed by atoms with Crippen molar-refractivity contribution < 1.29 is 4.79 Å². The molecule has 110 valence electrons. The van der Waals surface area contributed by atoms with Gasteiger partial charge in [0, 0.05) is 28.0 Å². The molecule has 1 amide bonds. The fraction of sp³-hybridized carbons (Fsp3) is 0.118. The number of rotatable bonds is 2. The monoisotopic (exact) mass is 355 g/mol. The standard InChI is InChI=1S/C17H14BrN3O/c18-11-5-6-14-15(8-11)21-17(22)16(20-14)7-10-9-19-13-4-2-1-3-12(10)13/h1-6,8-9,16,19-20H,7H2,(H,21,22)/t16-/m0/s1. The highest BCUT2D eigenvalue weighted by Crippen LogP contribution is 2.31. The highest BCUT2D eigenvalue weighted by Gasteiger charge is 2.26. The number of anilines is 2. The summed E-state index contributed by atoms with van der Waals surface area (Å²) in [4.78, 5) is 15.6. The number of fused-ring (bicyclic) bond motifs is 2. The van der Waals surface area contributed by atoms with Crippen LogP contribution in [0.25, 0.3) is 10.9 Å². The van der Waals surface area contributed by atoms with E-state index in [-0.39, 0.29) is 11.9 Å². The molecule has 0 saturated carbocycles. The van der Waals surface area contributed by atoms with E-state index in [0.29, 0.717) is 6.42 Å². The lowest BCUT2D eigenvalue weighted by Crippen LogP contribution is -2.40. The van der Waals surface area contributed by atoms with Crippen molar-refractivity contribution in [2.75, 3.05) is 10.6 Å². The lowest BCUT2D eigenvalue weighted by atomic mass is 10.0. The molecule has 0 radical (unpaired) electrons. The summed E-state index contributed by atoms with van der Waals surface area (Å²) in [5.74, 6) is -0.00381. The van der Waals surface area contributed by atoms with Gasteiger partial charge in [0.05, 0.1) is 11.4 Å². The van der Waals surface area contributed by atoms with E-state index < -0.39 is 0 Å². The minimum Gasteiger partial charge on any atom is -0.372 e. The van der Waals surface area contributed by atoms with Crippen molar-refractivity contribution in [1.82, 2.24) is 4.98 Å². The number of hydrogen-bond acceptors (Lipinski definition) is 2. The number of carbonyl (C=O) groups excluding carboxylic acids is 1. The predicted molar refractivity (Wildman–Crippen MR) is 92.2 cm³/mol. The summed E-state index contributed by atoms with van der Waals surface area (Å²) in [6, 6.07) is 13.7. The van der Waals surface area contributed by atoms with Crippen molar-refractivity contribution in [3.8, 4) is 0 Å². The maximum Gasteiger partial charge on any atom is 0.247 e. The predicted octanol–water partition coefficient (Wildman–Crippen LogP) is 3.91. The first-order chi connectivity index (χ1) is 10.7. The maximum absolute atomic E-state index is 12.3. The Labute approximate surface area is 136 Å². The topological polar surface area (TPSA) is 56.9 Å². The van der Waals surface area contributed by atoms with Gasteiger partial charge in [-0.2, -0.15) is 0 Å². The van der Waals surface area contributed by atoms with Crippen LogP contribution in [0.3, 0.4) is 0 Å². The fourth-order valence-corrected chi connectivity index (χ4v) is 3.24. The average Bonchev–Trinajstić information content (AvgIpc) is 2.92. The zero-order chi connectivity index (χ0) is 15.1. The van der Waals surface area contributed by atoms with Gasteiger partial charge in [0.2, 0.25) is 5.91 Å². The van der Waals surface area contributed by atoms with E-state index in [2.05, 4.69) is 37.6 Å². The Morgan fingerprint density at radius 1 is 1.09 bits per heavy atom. The third-order valence-corrected chi connectivity index (χ3v) is 4.48. The highest BCUT2D eigenvalue weighted by molar-refractivity contribution is 9.10.